The summed E-state index contributed by atoms with van der Waals surface area (Å²) in [4.78, 5) is 1.37. The molecule has 0 aliphatic heterocycles. The molecule has 0 saturated carbocycles. The topological polar surface area (TPSA) is 12.0 Å². The normalized spacial score (nSPS) is 13.5. The quantitative estimate of drug-likeness (QED) is 0.829. The van der Waals surface area contributed by atoms with Gasteiger partial charge in [-0.3, -0.25) is 0 Å². The van der Waals surface area contributed by atoms with E-state index >= 15 is 0 Å². The maximum absolute atomic E-state index is 3.40. The van der Waals surface area contributed by atoms with E-state index < -0.39 is 0 Å². The second kappa shape index (κ2) is 5.89. The number of rotatable bonds is 5. The zero-order valence-corrected chi connectivity index (χ0v) is 13.1. The second-order valence-electron chi connectivity index (χ2n) is 5.60. The van der Waals surface area contributed by atoms with Crippen LogP contribution < -0.4 is 5.32 Å². The fourth-order valence-electron chi connectivity index (χ4n) is 2.26. The summed E-state index contributed by atoms with van der Waals surface area (Å²) in [5.41, 5.74) is 3.01. The van der Waals surface area contributed by atoms with E-state index in [9.17, 15) is 0 Å². The van der Waals surface area contributed by atoms with Crippen LogP contribution in [0.3, 0.4) is 0 Å². The Hall–Kier alpha value is -1.12. The molecule has 19 heavy (non-hydrogen) atoms. The average Bonchev–Trinajstić information content (AvgIpc) is 2.94. The molecule has 0 aliphatic carbocycles. The van der Waals surface area contributed by atoms with Gasteiger partial charge in [0.1, 0.15) is 0 Å². The summed E-state index contributed by atoms with van der Waals surface area (Å²) in [7, 11) is 2.02. The molecule has 1 atom stereocenters. The summed E-state index contributed by atoms with van der Waals surface area (Å²) >= 11 is 1.80. The smallest absolute Gasteiger partial charge is 0.0668 e. The van der Waals surface area contributed by atoms with Gasteiger partial charge < -0.3 is 5.32 Å². The molecule has 0 radical (unpaired) electrons. The summed E-state index contributed by atoms with van der Waals surface area (Å²) < 4.78 is 0. The van der Waals surface area contributed by atoms with Gasteiger partial charge in [-0.2, -0.15) is 0 Å². The first-order valence-electron chi connectivity index (χ1n) is 6.89. The van der Waals surface area contributed by atoms with Gasteiger partial charge in [0.05, 0.1) is 6.04 Å². The van der Waals surface area contributed by atoms with Gasteiger partial charge in [0.2, 0.25) is 0 Å². The molecule has 102 valence electrons. The Bertz CT molecular complexity index is 497. The Morgan fingerprint density at radius 1 is 1.16 bits per heavy atom. The molecule has 0 spiro atoms. The van der Waals surface area contributed by atoms with Crippen LogP contribution in [0, 0.1) is 0 Å². The molecule has 0 amide bonds. The maximum atomic E-state index is 3.40. The summed E-state index contributed by atoms with van der Waals surface area (Å²) in [5.74, 6) is 0. The van der Waals surface area contributed by atoms with Crippen molar-refractivity contribution in [2.45, 2.75) is 38.6 Å². The van der Waals surface area contributed by atoms with Crippen LogP contribution in [0.4, 0.5) is 0 Å². The molecule has 1 N–H and O–H groups in total. The monoisotopic (exact) mass is 273 g/mol. The first-order valence-corrected chi connectivity index (χ1v) is 7.77. The Balaban J connectivity index is 2.27. The van der Waals surface area contributed by atoms with Gasteiger partial charge in [0, 0.05) is 4.88 Å². The van der Waals surface area contributed by atoms with Crippen molar-refractivity contribution in [1.29, 1.82) is 0 Å². The van der Waals surface area contributed by atoms with Crippen molar-refractivity contribution < 1.29 is 0 Å². The van der Waals surface area contributed by atoms with Crippen molar-refractivity contribution >= 4 is 11.3 Å². The van der Waals surface area contributed by atoms with Crippen molar-refractivity contribution in [2.24, 2.45) is 0 Å². The molecule has 0 bridgehead atoms. The third kappa shape index (κ3) is 3.07. The molecule has 1 aromatic carbocycles. The number of hydrogen-bond acceptors (Lipinski definition) is 2. The highest BCUT2D eigenvalue weighted by Gasteiger charge is 2.19. The molecule has 1 aromatic heterocycles. The highest BCUT2D eigenvalue weighted by Crippen LogP contribution is 2.30. The minimum Gasteiger partial charge on any atom is -0.309 e. The van der Waals surface area contributed by atoms with Crippen LogP contribution in [-0.4, -0.2) is 7.05 Å². The first-order chi connectivity index (χ1) is 9.08. The molecule has 2 rings (SSSR count). The van der Waals surface area contributed by atoms with E-state index in [1.807, 2.05) is 7.05 Å². The molecule has 0 saturated heterocycles. The highest BCUT2D eigenvalue weighted by molar-refractivity contribution is 7.10. The van der Waals surface area contributed by atoms with E-state index in [2.05, 4.69) is 67.9 Å². The molecule has 1 heterocycles. The lowest BCUT2D eigenvalue weighted by atomic mass is 9.82. The van der Waals surface area contributed by atoms with Crippen molar-refractivity contribution in [3.05, 3.63) is 57.8 Å². The zero-order chi connectivity index (χ0) is 13.9. The number of benzene rings is 1. The fraction of sp³-hybridized carbons (Fsp3) is 0.412. The summed E-state index contributed by atoms with van der Waals surface area (Å²) in [6.45, 7) is 6.85. The van der Waals surface area contributed by atoms with Crippen LogP contribution in [0.15, 0.2) is 41.8 Å². The van der Waals surface area contributed by atoms with Crippen molar-refractivity contribution in [1.82, 2.24) is 5.32 Å². The number of hydrogen-bond donors (Lipinski definition) is 1. The van der Waals surface area contributed by atoms with Crippen LogP contribution in [0.2, 0.25) is 0 Å². The zero-order valence-electron chi connectivity index (χ0n) is 12.2. The number of thiophene rings is 1. The minimum atomic E-state index is 0.261. The predicted molar refractivity (Wildman–Crippen MR) is 85.0 cm³/mol. The van der Waals surface area contributed by atoms with Gasteiger partial charge in [-0.1, -0.05) is 51.1 Å². The Kier molecular flexibility index (Phi) is 4.43. The Labute approximate surface area is 120 Å². The van der Waals surface area contributed by atoms with Gasteiger partial charge in [0.15, 0.2) is 0 Å². The molecule has 1 nitrogen and oxygen atoms in total. The molecule has 1 unspecified atom stereocenters. The molecule has 0 fully saturated rings. The fourth-order valence-corrected chi connectivity index (χ4v) is 3.12. The Morgan fingerprint density at radius 3 is 2.32 bits per heavy atom. The summed E-state index contributed by atoms with van der Waals surface area (Å²) in [6, 6.07) is 13.7. The first kappa shape index (κ1) is 14.3. The lowest BCUT2D eigenvalue weighted by Crippen LogP contribution is -2.18. The van der Waals surface area contributed by atoms with Crippen LogP contribution in [0.5, 0.6) is 0 Å². The van der Waals surface area contributed by atoms with E-state index in [-0.39, 0.29) is 5.41 Å². The van der Waals surface area contributed by atoms with E-state index in [1.54, 1.807) is 11.3 Å². The largest absolute Gasteiger partial charge is 0.309 e. The third-order valence-corrected chi connectivity index (χ3v) is 4.96. The highest BCUT2D eigenvalue weighted by atomic mass is 32.1. The maximum Gasteiger partial charge on any atom is 0.0668 e. The van der Waals surface area contributed by atoms with Crippen LogP contribution in [-0.2, 0) is 5.41 Å². The number of nitrogens with one attached hydrogen (secondary N) is 1. The van der Waals surface area contributed by atoms with Crippen molar-refractivity contribution in [2.75, 3.05) is 7.05 Å². The van der Waals surface area contributed by atoms with Gasteiger partial charge in [-0.05, 0) is 41.5 Å². The summed E-state index contributed by atoms with van der Waals surface area (Å²) in [5, 5.41) is 5.54. The van der Waals surface area contributed by atoms with Crippen LogP contribution in [0.1, 0.15) is 49.2 Å². The summed E-state index contributed by atoms with van der Waals surface area (Å²) in [6.07, 6.45) is 1.16. The minimum absolute atomic E-state index is 0.261. The molecule has 0 aliphatic rings. The predicted octanol–water partition coefficient (Wildman–Crippen LogP) is 4.74. The van der Waals surface area contributed by atoms with Crippen LogP contribution in [0.25, 0.3) is 0 Å². The van der Waals surface area contributed by atoms with Gasteiger partial charge in [0.25, 0.3) is 0 Å². The van der Waals surface area contributed by atoms with E-state index in [0.29, 0.717) is 6.04 Å². The van der Waals surface area contributed by atoms with E-state index in [4.69, 9.17) is 0 Å². The standard InChI is InChI=1S/C17H23NS/c1-5-17(2,3)14-10-8-13(9-11-14)16(18-4)15-7-6-12-19-15/h6-12,16,18H,5H2,1-4H3. The van der Waals surface area contributed by atoms with E-state index in [0.717, 1.165) is 6.42 Å². The third-order valence-electron chi connectivity index (χ3n) is 4.03. The molecular formula is C17H23NS. The molecular weight excluding hydrogens is 250 g/mol. The van der Waals surface area contributed by atoms with Crippen LogP contribution >= 0.6 is 11.3 Å². The van der Waals surface area contributed by atoms with Gasteiger partial charge >= 0.3 is 0 Å². The average molecular weight is 273 g/mol. The van der Waals surface area contributed by atoms with Crippen molar-refractivity contribution in [3.63, 3.8) is 0 Å². The second-order valence-corrected chi connectivity index (χ2v) is 6.58. The lowest BCUT2D eigenvalue weighted by molar-refractivity contribution is 0.506. The van der Waals surface area contributed by atoms with Crippen molar-refractivity contribution in [3.8, 4) is 0 Å². The SMILES string of the molecule is CCC(C)(C)c1ccc(C(NC)c2cccs2)cc1. The Morgan fingerprint density at radius 2 is 1.84 bits per heavy atom. The lowest BCUT2D eigenvalue weighted by Gasteiger charge is -2.24. The van der Waals surface area contributed by atoms with Gasteiger partial charge in [-0.25, -0.2) is 0 Å². The van der Waals surface area contributed by atoms with E-state index in [1.165, 1.54) is 16.0 Å². The molecule has 2 aromatic rings. The van der Waals surface area contributed by atoms with Gasteiger partial charge in [-0.15, -0.1) is 11.3 Å². The molecule has 2 heteroatoms.